The van der Waals surface area contributed by atoms with Crippen molar-refractivity contribution in [3.63, 3.8) is 0 Å². The van der Waals surface area contributed by atoms with Gasteiger partial charge in [0.05, 0.1) is 6.26 Å². The number of thiophene rings is 1. The van der Waals surface area contributed by atoms with Crippen LogP contribution in [0.1, 0.15) is 20.9 Å². The summed E-state index contributed by atoms with van der Waals surface area (Å²) in [5, 5.41) is 10.6. The lowest BCUT2D eigenvalue weighted by atomic mass is 10.1. The number of aldehydes is 1. The number of carbonyl (C=O) groups excluding carboxylic acids is 1. The van der Waals surface area contributed by atoms with Gasteiger partial charge in [-0.15, -0.1) is 11.3 Å². The van der Waals surface area contributed by atoms with Crippen molar-refractivity contribution in [3.8, 4) is 10.4 Å². The van der Waals surface area contributed by atoms with Crippen molar-refractivity contribution in [2.75, 3.05) is 0 Å². The molecular formula is C10H6O4S. The first-order chi connectivity index (χ1) is 7.24. The number of carbonyl (C=O) groups is 2. The number of hydrogen-bond acceptors (Lipinski definition) is 4. The van der Waals surface area contributed by atoms with E-state index in [0.29, 0.717) is 22.3 Å². The Balaban J connectivity index is 2.58. The van der Waals surface area contributed by atoms with Crippen molar-refractivity contribution < 1.29 is 19.1 Å². The van der Waals surface area contributed by atoms with Crippen LogP contribution < -0.4 is 0 Å². The third kappa shape index (κ3) is 1.57. The molecule has 2 aromatic rings. The van der Waals surface area contributed by atoms with E-state index in [2.05, 4.69) is 0 Å². The first-order valence-corrected chi connectivity index (χ1v) is 4.96. The number of aromatic carboxylic acids is 1. The average molecular weight is 222 g/mol. The van der Waals surface area contributed by atoms with Gasteiger partial charge < -0.3 is 9.52 Å². The summed E-state index contributed by atoms with van der Waals surface area (Å²) >= 11 is 1.31. The van der Waals surface area contributed by atoms with Crippen molar-refractivity contribution >= 4 is 23.6 Å². The minimum absolute atomic E-state index is 0.138. The van der Waals surface area contributed by atoms with E-state index in [-0.39, 0.29) is 5.76 Å². The van der Waals surface area contributed by atoms with Crippen molar-refractivity contribution in [1.82, 2.24) is 0 Å². The van der Waals surface area contributed by atoms with Gasteiger partial charge in [0.25, 0.3) is 0 Å². The maximum Gasteiger partial charge on any atom is 0.372 e. The van der Waals surface area contributed by atoms with Crippen LogP contribution in [-0.4, -0.2) is 17.4 Å². The third-order valence-corrected chi connectivity index (χ3v) is 2.89. The molecule has 0 spiro atoms. The molecule has 2 rings (SSSR count). The molecule has 0 bridgehead atoms. The molecule has 0 fully saturated rings. The summed E-state index contributed by atoms with van der Waals surface area (Å²) in [6.45, 7) is 0. The molecule has 4 nitrogen and oxygen atoms in total. The van der Waals surface area contributed by atoms with Crippen LogP contribution in [-0.2, 0) is 0 Å². The Hall–Kier alpha value is -1.88. The Morgan fingerprint density at radius 2 is 2.27 bits per heavy atom. The van der Waals surface area contributed by atoms with Gasteiger partial charge in [-0.1, -0.05) is 0 Å². The van der Waals surface area contributed by atoms with E-state index < -0.39 is 5.97 Å². The van der Waals surface area contributed by atoms with Crippen LogP contribution in [0.4, 0.5) is 0 Å². The van der Waals surface area contributed by atoms with E-state index in [1.807, 2.05) is 0 Å². The molecule has 76 valence electrons. The number of carboxylic acids is 1. The Morgan fingerprint density at radius 3 is 2.93 bits per heavy atom. The smallest absolute Gasteiger partial charge is 0.372 e. The molecule has 2 heterocycles. The van der Waals surface area contributed by atoms with E-state index in [0.717, 1.165) is 0 Å². The minimum atomic E-state index is -1.14. The fraction of sp³-hybridized carbons (Fsp3) is 0. The average Bonchev–Trinajstić information content (AvgIpc) is 2.85. The van der Waals surface area contributed by atoms with Gasteiger partial charge in [-0.2, -0.15) is 0 Å². The van der Waals surface area contributed by atoms with E-state index in [1.165, 1.54) is 17.6 Å². The van der Waals surface area contributed by atoms with Crippen LogP contribution >= 0.6 is 11.3 Å². The molecule has 0 aliphatic rings. The summed E-state index contributed by atoms with van der Waals surface area (Å²) in [6.07, 6.45) is 2.00. The van der Waals surface area contributed by atoms with Crippen LogP contribution in [0.3, 0.4) is 0 Å². The highest BCUT2D eigenvalue weighted by Crippen LogP contribution is 2.32. The Labute approximate surface area is 88.8 Å². The maximum atomic E-state index is 10.8. The van der Waals surface area contributed by atoms with Crippen molar-refractivity contribution in [1.29, 1.82) is 0 Å². The van der Waals surface area contributed by atoms with Gasteiger partial charge in [0.1, 0.15) is 0 Å². The second-order valence-corrected chi connectivity index (χ2v) is 3.71. The summed E-state index contributed by atoms with van der Waals surface area (Å²) < 4.78 is 4.84. The summed E-state index contributed by atoms with van der Waals surface area (Å²) in [4.78, 5) is 22.1. The molecule has 0 radical (unpaired) electrons. The van der Waals surface area contributed by atoms with E-state index >= 15 is 0 Å². The largest absolute Gasteiger partial charge is 0.475 e. The number of rotatable bonds is 3. The van der Waals surface area contributed by atoms with Gasteiger partial charge in [0, 0.05) is 16.0 Å². The second kappa shape index (κ2) is 3.70. The highest BCUT2D eigenvalue weighted by Gasteiger charge is 2.18. The molecule has 5 heteroatoms. The van der Waals surface area contributed by atoms with Gasteiger partial charge >= 0.3 is 5.97 Å². The molecule has 2 aromatic heterocycles. The highest BCUT2D eigenvalue weighted by molar-refractivity contribution is 7.14. The predicted octanol–water partition coefficient (Wildman–Crippen LogP) is 2.52. The molecular weight excluding hydrogens is 216 g/mol. The van der Waals surface area contributed by atoms with Crippen LogP contribution in [0.2, 0.25) is 0 Å². The molecule has 0 aliphatic heterocycles. The van der Waals surface area contributed by atoms with Gasteiger partial charge in [-0.05, 0) is 17.5 Å². The van der Waals surface area contributed by atoms with Gasteiger partial charge in [-0.25, -0.2) is 4.79 Å². The molecule has 15 heavy (non-hydrogen) atoms. The fourth-order valence-corrected chi connectivity index (χ4v) is 2.18. The Morgan fingerprint density at radius 1 is 1.47 bits per heavy atom. The topological polar surface area (TPSA) is 67.5 Å². The molecule has 0 amide bonds. The fourth-order valence-electron chi connectivity index (χ4n) is 1.28. The van der Waals surface area contributed by atoms with Crippen LogP contribution in [0.25, 0.3) is 10.4 Å². The van der Waals surface area contributed by atoms with Gasteiger partial charge in [-0.3, -0.25) is 4.79 Å². The van der Waals surface area contributed by atoms with E-state index in [4.69, 9.17) is 9.52 Å². The van der Waals surface area contributed by atoms with Gasteiger partial charge in [0.15, 0.2) is 6.29 Å². The summed E-state index contributed by atoms with van der Waals surface area (Å²) in [6, 6.07) is 3.19. The van der Waals surface area contributed by atoms with Gasteiger partial charge in [0.2, 0.25) is 5.76 Å². The molecule has 0 aromatic carbocycles. The first-order valence-electron chi connectivity index (χ1n) is 4.08. The molecule has 0 aliphatic carbocycles. The SMILES string of the molecule is O=Cc1ccsc1-c1ccoc1C(=O)O. The lowest BCUT2D eigenvalue weighted by Crippen LogP contribution is -1.95. The zero-order valence-electron chi connectivity index (χ0n) is 7.47. The lowest BCUT2D eigenvalue weighted by molar-refractivity contribution is 0.0663. The predicted molar refractivity (Wildman–Crippen MR) is 54.4 cm³/mol. The second-order valence-electron chi connectivity index (χ2n) is 2.79. The quantitative estimate of drug-likeness (QED) is 0.810. The van der Waals surface area contributed by atoms with Crippen molar-refractivity contribution in [3.05, 3.63) is 35.1 Å². The van der Waals surface area contributed by atoms with Crippen molar-refractivity contribution in [2.45, 2.75) is 0 Å². The number of furan rings is 1. The molecule has 0 atom stereocenters. The number of hydrogen-bond donors (Lipinski definition) is 1. The molecule has 0 saturated heterocycles. The molecule has 0 unspecified atom stereocenters. The zero-order valence-corrected chi connectivity index (χ0v) is 8.28. The minimum Gasteiger partial charge on any atom is -0.475 e. The number of carboxylic acid groups (broad SMARTS) is 1. The maximum absolute atomic E-state index is 10.8. The standard InChI is InChI=1S/C10H6O4S/c11-5-6-2-4-15-9(6)7-1-3-14-8(7)10(12)13/h1-5H,(H,12,13). The van der Waals surface area contributed by atoms with Crippen LogP contribution in [0.15, 0.2) is 28.2 Å². The van der Waals surface area contributed by atoms with Crippen molar-refractivity contribution in [2.24, 2.45) is 0 Å². The summed E-state index contributed by atoms with van der Waals surface area (Å²) in [7, 11) is 0. The summed E-state index contributed by atoms with van der Waals surface area (Å²) in [5.41, 5.74) is 0.920. The van der Waals surface area contributed by atoms with Crippen LogP contribution in [0, 0.1) is 0 Å². The van der Waals surface area contributed by atoms with Crippen LogP contribution in [0.5, 0.6) is 0 Å². The summed E-state index contributed by atoms with van der Waals surface area (Å²) in [5.74, 6) is -1.28. The van der Waals surface area contributed by atoms with E-state index in [1.54, 1.807) is 17.5 Å². The zero-order chi connectivity index (χ0) is 10.8. The Bertz CT molecular complexity index is 509. The Kier molecular flexibility index (Phi) is 2.39. The van der Waals surface area contributed by atoms with E-state index in [9.17, 15) is 9.59 Å². The third-order valence-electron chi connectivity index (χ3n) is 1.93. The first kappa shape index (κ1) is 9.67. The molecule has 1 N–H and O–H groups in total. The molecule has 0 saturated carbocycles. The highest BCUT2D eigenvalue weighted by atomic mass is 32.1. The lowest BCUT2D eigenvalue weighted by Gasteiger charge is -1.95. The monoisotopic (exact) mass is 222 g/mol. The normalized spacial score (nSPS) is 10.1.